The van der Waals surface area contributed by atoms with Gasteiger partial charge in [0.1, 0.15) is 0 Å². The normalized spacial score (nSPS) is 14.3. The van der Waals surface area contributed by atoms with Gasteiger partial charge in [-0.15, -0.1) is 0 Å². The molecule has 0 bridgehead atoms. The second kappa shape index (κ2) is 6.04. The Morgan fingerprint density at radius 3 is 2.14 bits per heavy atom. The molecule has 110 valence electrons. The minimum absolute atomic E-state index is 0.0146. The summed E-state index contributed by atoms with van der Waals surface area (Å²) in [6.45, 7) is 1.55. The van der Waals surface area contributed by atoms with Gasteiger partial charge in [-0.25, -0.2) is 4.79 Å². The van der Waals surface area contributed by atoms with Gasteiger partial charge in [-0.05, 0) is 19.1 Å². The number of hydrogen-bond acceptors (Lipinski definition) is 5. The van der Waals surface area contributed by atoms with Crippen LogP contribution in [0.1, 0.15) is 6.92 Å². The van der Waals surface area contributed by atoms with Crippen LogP contribution < -0.4 is 16.0 Å². The van der Waals surface area contributed by atoms with Crippen molar-refractivity contribution in [2.75, 3.05) is 17.2 Å². The molecular formula is C13H13N3O5. The summed E-state index contributed by atoms with van der Waals surface area (Å²) in [5.74, 6) is -3.79. The molecule has 0 saturated heterocycles. The van der Waals surface area contributed by atoms with E-state index >= 15 is 0 Å². The summed E-state index contributed by atoms with van der Waals surface area (Å²) in [4.78, 5) is 46.7. The minimum atomic E-state index is -1.52. The van der Waals surface area contributed by atoms with E-state index in [0.29, 0.717) is 11.4 Å². The number of carbonyl (C=O) groups is 4. The summed E-state index contributed by atoms with van der Waals surface area (Å²) < 4.78 is 4.49. The summed E-state index contributed by atoms with van der Waals surface area (Å²) in [5, 5.41) is 7.02. The van der Waals surface area contributed by atoms with Crippen LogP contribution in [0.4, 0.5) is 11.4 Å². The van der Waals surface area contributed by atoms with Crippen LogP contribution in [0.3, 0.4) is 0 Å². The first kappa shape index (κ1) is 14.5. The maximum Gasteiger partial charge on any atom is 0.396 e. The number of ether oxygens (including phenoxy) is 1. The summed E-state index contributed by atoms with van der Waals surface area (Å²) in [6, 6.07) is 5.05. The van der Waals surface area contributed by atoms with Crippen LogP contribution in [-0.2, 0) is 23.9 Å². The van der Waals surface area contributed by atoms with Crippen LogP contribution in [-0.4, -0.2) is 36.3 Å². The number of carbonyl (C=O) groups excluding carboxylic acids is 4. The van der Waals surface area contributed by atoms with Crippen molar-refractivity contribution in [3.8, 4) is 0 Å². The topological polar surface area (TPSA) is 114 Å². The Bertz CT molecular complexity index is 577. The van der Waals surface area contributed by atoms with Crippen LogP contribution >= 0.6 is 0 Å². The van der Waals surface area contributed by atoms with Crippen molar-refractivity contribution < 1.29 is 23.9 Å². The van der Waals surface area contributed by atoms with E-state index in [9.17, 15) is 19.2 Å². The van der Waals surface area contributed by atoms with Gasteiger partial charge in [0.25, 0.3) is 11.8 Å². The molecule has 0 aromatic heterocycles. The quantitative estimate of drug-likeness (QED) is 0.390. The van der Waals surface area contributed by atoms with Gasteiger partial charge >= 0.3 is 11.9 Å². The van der Waals surface area contributed by atoms with Gasteiger partial charge in [-0.1, -0.05) is 12.1 Å². The lowest BCUT2D eigenvalue weighted by molar-refractivity contribution is -0.155. The average Bonchev–Trinajstić information content (AvgIpc) is 2.57. The van der Waals surface area contributed by atoms with Crippen molar-refractivity contribution in [1.82, 2.24) is 5.32 Å². The lowest BCUT2D eigenvalue weighted by Gasteiger charge is -2.13. The molecule has 0 unspecified atom stereocenters. The molecule has 0 radical (unpaired) electrons. The fourth-order valence-electron chi connectivity index (χ4n) is 1.75. The van der Waals surface area contributed by atoms with E-state index in [-0.39, 0.29) is 6.61 Å². The van der Waals surface area contributed by atoms with E-state index in [1.165, 1.54) is 6.92 Å². The van der Waals surface area contributed by atoms with Gasteiger partial charge in [0.15, 0.2) is 6.04 Å². The Balaban J connectivity index is 2.15. The molecule has 2 rings (SSSR count). The monoisotopic (exact) mass is 291 g/mol. The number of para-hydroxylation sites is 2. The highest BCUT2D eigenvalue weighted by Gasteiger charge is 2.34. The third kappa shape index (κ3) is 3.16. The van der Waals surface area contributed by atoms with Crippen LogP contribution in [0.5, 0.6) is 0 Å². The van der Waals surface area contributed by atoms with Gasteiger partial charge in [0.05, 0.1) is 18.0 Å². The molecule has 21 heavy (non-hydrogen) atoms. The van der Waals surface area contributed by atoms with Crippen molar-refractivity contribution in [2.45, 2.75) is 13.0 Å². The van der Waals surface area contributed by atoms with E-state index in [1.54, 1.807) is 24.3 Å². The lowest BCUT2D eigenvalue weighted by Crippen LogP contribution is -2.52. The number of fused-ring (bicyclic) bond motifs is 1. The van der Waals surface area contributed by atoms with E-state index in [2.05, 4.69) is 15.4 Å². The maximum absolute atomic E-state index is 12.0. The third-order valence-electron chi connectivity index (χ3n) is 2.70. The second-order valence-electron chi connectivity index (χ2n) is 4.15. The molecule has 1 aliphatic rings. The van der Waals surface area contributed by atoms with Crippen LogP contribution in [0.2, 0.25) is 0 Å². The number of esters is 1. The predicted octanol–water partition coefficient (Wildman–Crippen LogP) is -0.375. The summed E-state index contributed by atoms with van der Waals surface area (Å²) in [6.07, 6.45) is 0. The zero-order valence-electron chi connectivity index (χ0n) is 11.1. The predicted molar refractivity (Wildman–Crippen MR) is 72.3 cm³/mol. The SMILES string of the molecule is CCOC(=O)C(=O)NC1C(=O)Nc2ccccc2NC1=O. The van der Waals surface area contributed by atoms with Crippen molar-refractivity contribution >= 4 is 35.1 Å². The average molecular weight is 291 g/mol. The molecule has 1 heterocycles. The first-order valence-corrected chi connectivity index (χ1v) is 6.21. The number of amides is 3. The summed E-state index contributed by atoms with van der Waals surface area (Å²) in [7, 11) is 0. The van der Waals surface area contributed by atoms with Gasteiger partial charge < -0.3 is 20.7 Å². The highest BCUT2D eigenvalue weighted by atomic mass is 16.5. The summed E-state index contributed by atoms with van der Waals surface area (Å²) in [5.41, 5.74) is 0.812. The summed E-state index contributed by atoms with van der Waals surface area (Å²) >= 11 is 0. The highest BCUT2D eigenvalue weighted by Crippen LogP contribution is 2.23. The maximum atomic E-state index is 12.0. The Labute approximate surface area is 119 Å². The van der Waals surface area contributed by atoms with Gasteiger partial charge in [0.2, 0.25) is 0 Å². The molecule has 0 aliphatic carbocycles. The Kier molecular flexibility index (Phi) is 4.17. The first-order valence-electron chi connectivity index (χ1n) is 6.21. The molecule has 0 fully saturated rings. The number of rotatable bonds is 2. The van der Waals surface area contributed by atoms with Crippen LogP contribution in [0.25, 0.3) is 0 Å². The molecule has 0 saturated carbocycles. The molecule has 3 amide bonds. The number of hydrogen-bond donors (Lipinski definition) is 3. The molecular weight excluding hydrogens is 278 g/mol. The molecule has 0 atom stereocenters. The van der Waals surface area contributed by atoms with E-state index in [1.807, 2.05) is 5.32 Å². The Morgan fingerprint density at radius 1 is 1.14 bits per heavy atom. The Morgan fingerprint density at radius 2 is 1.67 bits per heavy atom. The van der Waals surface area contributed by atoms with Crippen molar-refractivity contribution in [2.24, 2.45) is 0 Å². The fraction of sp³-hybridized carbons (Fsp3) is 0.231. The van der Waals surface area contributed by atoms with E-state index in [4.69, 9.17) is 0 Å². The third-order valence-corrected chi connectivity index (χ3v) is 2.70. The van der Waals surface area contributed by atoms with Crippen LogP contribution in [0.15, 0.2) is 24.3 Å². The minimum Gasteiger partial charge on any atom is -0.459 e. The molecule has 8 heteroatoms. The number of benzene rings is 1. The molecule has 8 nitrogen and oxygen atoms in total. The molecule has 1 aromatic rings. The second-order valence-corrected chi connectivity index (χ2v) is 4.15. The fourth-order valence-corrected chi connectivity index (χ4v) is 1.75. The van der Waals surface area contributed by atoms with Crippen LogP contribution in [0, 0.1) is 0 Å². The largest absolute Gasteiger partial charge is 0.459 e. The van der Waals surface area contributed by atoms with E-state index < -0.39 is 29.7 Å². The lowest BCUT2D eigenvalue weighted by atomic mass is 10.2. The molecule has 3 N–H and O–H groups in total. The zero-order chi connectivity index (χ0) is 15.4. The Hall–Kier alpha value is -2.90. The molecule has 0 spiro atoms. The van der Waals surface area contributed by atoms with Gasteiger partial charge in [0, 0.05) is 0 Å². The van der Waals surface area contributed by atoms with Gasteiger partial charge in [-0.3, -0.25) is 14.4 Å². The van der Waals surface area contributed by atoms with Crippen molar-refractivity contribution in [1.29, 1.82) is 0 Å². The van der Waals surface area contributed by atoms with E-state index in [0.717, 1.165) is 0 Å². The van der Waals surface area contributed by atoms with Gasteiger partial charge in [-0.2, -0.15) is 0 Å². The molecule has 1 aliphatic heterocycles. The number of anilines is 2. The highest BCUT2D eigenvalue weighted by molar-refractivity contribution is 6.34. The zero-order valence-corrected chi connectivity index (χ0v) is 11.1. The van der Waals surface area contributed by atoms with Crippen molar-refractivity contribution in [3.63, 3.8) is 0 Å². The standard InChI is InChI=1S/C13H13N3O5/c1-2-21-13(20)12(19)16-9-10(17)14-7-5-3-4-6-8(7)15-11(9)18/h3-6,9H,2H2,1H3,(H,14,17)(H,15,18)(H,16,19). The number of nitrogens with one attached hydrogen (secondary N) is 3. The first-order chi connectivity index (χ1) is 10.0. The molecule has 1 aromatic carbocycles. The van der Waals surface area contributed by atoms with Crippen molar-refractivity contribution in [3.05, 3.63) is 24.3 Å². The smallest absolute Gasteiger partial charge is 0.396 e.